The molecular weight excluding hydrogens is 310 g/mol. The third-order valence-electron chi connectivity index (χ3n) is 4.91. The number of carbonyl (C=O) groups excluding carboxylic acids is 1. The first-order valence-electron chi connectivity index (χ1n) is 9.29. The zero-order valence-electron chi connectivity index (χ0n) is 14.9. The largest absolute Gasteiger partial charge is 0.457 e. The van der Waals surface area contributed by atoms with Crippen LogP contribution < -0.4 is 10.1 Å². The molecular formula is C22H27NO2. The average molecular weight is 337 g/mol. The normalized spacial score (nSPS) is 16.2. The molecule has 0 aromatic heterocycles. The molecule has 0 bridgehead atoms. The van der Waals surface area contributed by atoms with Gasteiger partial charge in [0, 0.05) is 18.2 Å². The number of ether oxygens (including phenoxy) is 1. The van der Waals surface area contributed by atoms with Gasteiger partial charge in [-0.1, -0.05) is 37.5 Å². The number of para-hydroxylation sites is 1. The second-order valence-electron chi connectivity index (χ2n) is 6.99. The smallest absolute Gasteiger partial charge is 0.131 e. The number of nitrogens with one attached hydrogen (secondary N) is 1. The number of ketones is 1. The molecule has 132 valence electrons. The van der Waals surface area contributed by atoms with Crippen molar-refractivity contribution >= 4 is 11.5 Å². The number of hydrogen-bond donors (Lipinski definition) is 1. The topological polar surface area (TPSA) is 38.3 Å². The Balaban J connectivity index is 1.64. The number of hydrogen-bond acceptors (Lipinski definition) is 3. The lowest BCUT2D eigenvalue weighted by atomic mass is 9.82. The van der Waals surface area contributed by atoms with Crippen molar-refractivity contribution in [2.24, 2.45) is 5.92 Å². The molecule has 3 heteroatoms. The van der Waals surface area contributed by atoms with Crippen LogP contribution in [-0.2, 0) is 4.79 Å². The van der Waals surface area contributed by atoms with Crippen molar-refractivity contribution in [2.75, 3.05) is 5.32 Å². The molecule has 2 aromatic rings. The second-order valence-corrected chi connectivity index (χ2v) is 6.99. The quantitative estimate of drug-likeness (QED) is 0.692. The van der Waals surface area contributed by atoms with E-state index in [9.17, 15) is 4.79 Å². The Kier molecular flexibility index (Phi) is 6.10. The summed E-state index contributed by atoms with van der Waals surface area (Å²) in [6, 6.07) is 18.0. The summed E-state index contributed by atoms with van der Waals surface area (Å²) >= 11 is 0. The molecule has 0 saturated heterocycles. The number of rotatable bonds is 7. The van der Waals surface area contributed by atoms with E-state index in [4.69, 9.17) is 4.74 Å². The summed E-state index contributed by atoms with van der Waals surface area (Å²) in [5.74, 6) is 2.50. The minimum atomic E-state index is 0.235. The fraction of sp³-hybridized carbons (Fsp3) is 0.409. The van der Waals surface area contributed by atoms with Gasteiger partial charge in [-0.15, -0.1) is 0 Å². The maximum absolute atomic E-state index is 11.7. The predicted octanol–water partition coefficient (Wildman–Crippen LogP) is 5.82. The fourth-order valence-electron chi connectivity index (χ4n) is 3.64. The van der Waals surface area contributed by atoms with Gasteiger partial charge in [-0.05, 0) is 62.1 Å². The molecule has 0 radical (unpaired) electrons. The van der Waals surface area contributed by atoms with Gasteiger partial charge in [0.05, 0.1) is 0 Å². The van der Waals surface area contributed by atoms with Crippen LogP contribution in [0, 0.1) is 5.92 Å². The lowest BCUT2D eigenvalue weighted by Crippen LogP contribution is -2.32. The van der Waals surface area contributed by atoms with Crippen LogP contribution in [0.4, 0.5) is 5.69 Å². The van der Waals surface area contributed by atoms with Crippen molar-refractivity contribution in [1.29, 1.82) is 0 Å². The molecule has 3 nitrogen and oxygen atoms in total. The van der Waals surface area contributed by atoms with Gasteiger partial charge in [0.1, 0.15) is 17.3 Å². The van der Waals surface area contributed by atoms with Crippen molar-refractivity contribution < 1.29 is 9.53 Å². The predicted molar refractivity (Wildman–Crippen MR) is 102 cm³/mol. The van der Waals surface area contributed by atoms with E-state index in [-0.39, 0.29) is 11.8 Å². The highest BCUT2D eigenvalue weighted by Crippen LogP contribution is 2.30. The third kappa shape index (κ3) is 5.35. The zero-order chi connectivity index (χ0) is 17.5. The van der Waals surface area contributed by atoms with Crippen LogP contribution in [0.25, 0.3) is 0 Å². The van der Waals surface area contributed by atoms with E-state index in [0.29, 0.717) is 12.3 Å². The molecule has 3 rings (SSSR count). The van der Waals surface area contributed by atoms with E-state index < -0.39 is 0 Å². The van der Waals surface area contributed by atoms with Gasteiger partial charge < -0.3 is 10.1 Å². The van der Waals surface area contributed by atoms with Crippen molar-refractivity contribution in [3.05, 3.63) is 54.6 Å². The standard InChI is InChI=1S/C22H27NO2/c1-17(24)16-22(18-8-4-2-5-9-18)23-19-12-14-21(15-13-19)25-20-10-6-3-7-11-20/h3,6-7,10-15,18,22-23H,2,4-5,8-9,16H2,1H3/t22-/m0/s1. The highest BCUT2D eigenvalue weighted by atomic mass is 16.5. The molecule has 1 saturated carbocycles. The van der Waals surface area contributed by atoms with E-state index in [2.05, 4.69) is 5.32 Å². The molecule has 0 amide bonds. The monoisotopic (exact) mass is 337 g/mol. The molecule has 25 heavy (non-hydrogen) atoms. The second kappa shape index (κ2) is 8.70. The van der Waals surface area contributed by atoms with Crippen LogP contribution in [0.1, 0.15) is 45.4 Å². The van der Waals surface area contributed by atoms with Crippen molar-refractivity contribution in [3.8, 4) is 11.5 Å². The van der Waals surface area contributed by atoms with E-state index in [1.54, 1.807) is 6.92 Å². The van der Waals surface area contributed by atoms with Crippen LogP contribution in [0.5, 0.6) is 11.5 Å². The van der Waals surface area contributed by atoms with Crippen LogP contribution in [0.3, 0.4) is 0 Å². The molecule has 0 aliphatic heterocycles. The summed E-state index contributed by atoms with van der Waals surface area (Å²) < 4.78 is 5.84. The molecule has 0 unspecified atom stereocenters. The lowest BCUT2D eigenvalue weighted by molar-refractivity contribution is -0.117. The summed E-state index contributed by atoms with van der Waals surface area (Å²) in [7, 11) is 0. The highest BCUT2D eigenvalue weighted by Gasteiger charge is 2.24. The van der Waals surface area contributed by atoms with E-state index in [1.165, 1.54) is 32.1 Å². The van der Waals surface area contributed by atoms with Crippen LogP contribution >= 0.6 is 0 Å². The maximum Gasteiger partial charge on any atom is 0.131 e. The summed E-state index contributed by atoms with van der Waals surface area (Å²) in [4.78, 5) is 11.7. The molecule has 0 heterocycles. The Labute approximate surface area is 150 Å². The van der Waals surface area contributed by atoms with Crippen LogP contribution in [0.2, 0.25) is 0 Å². The summed E-state index contributed by atoms with van der Waals surface area (Å²) in [6.07, 6.45) is 6.94. The Morgan fingerprint density at radius 1 is 1.00 bits per heavy atom. The van der Waals surface area contributed by atoms with E-state index >= 15 is 0 Å². The van der Waals surface area contributed by atoms with E-state index in [1.807, 2.05) is 54.6 Å². The third-order valence-corrected chi connectivity index (χ3v) is 4.91. The first-order valence-corrected chi connectivity index (χ1v) is 9.29. The van der Waals surface area contributed by atoms with Gasteiger partial charge >= 0.3 is 0 Å². The molecule has 2 aromatic carbocycles. The first kappa shape index (κ1) is 17.5. The minimum Gasteiger partial charge on any atom is -0.457 e. The summed E-state index contributed by atoms with van der Waals surface area (Å²) in [6.45, 7) is 1.69. The minimum absolute atomic E-state index is 0.235. The van der Waals surface area contributed by atoms with Gasteiger partial charge in [-0.25, -0.2) is 0 Å². The van der Waals surface area contributed by atoms with Gasteiger partial charge in [0.15, 0.2) is 0 Å². The SMILES string of the molecule is CC(=O)C[C@H](Nc1ccc(Oc2ccccc2)cc1)C1CCCCC1. The molecule has 1 aliphatic rings. The molecule has 0 spiro atoms. The molecule has 1 N–H and O–H groups in total. The maximum atomic E-state index is 11.7. The first-order chi connectivity index (χ1) is 12.2. The number of Topliss-reactive ketones (excluding diaryl/α,β-unsaturated/α-hetero) is 1. The van der Waals surface area contributed by atoms with Crippen molar-refractivity contribution in [1.82, 2.24) is 0 Å². The van der Waals surface area contributed by atoms with Gasteiger partial charge in [0.25, 0.3) is 0 Å². The molecule has 1 atom stereocenters. The van der Waals surface area contributed by atoms with Crippen molar-refractivity contribution in [3.63, 3.8) is 0 Å². The number of carbonyl (C=O) groups is 1. The molecule has 1 fully saturated rings. The van der Waals surface area contributed by atoms with Crippen LogP contribution in [0.15, 0.2) is 54.6 Å². The Hall–Kier alpha value is -2.29. The zero-order valence-corrected chi connectivity index (χ0v) is 14.9. The summed E-state index contributed by atoms with van der Waals surface area (Å²) in [5, 5.41) is 3.59. The fourth-order valence-corrected chi connectivity index (χ4v) is 3.64. The molecule has 1 aliphatic carbocycles. The Morgan fingerprint density at radius 3 is 2.28 bits per heavy atom. The van der Waals surface area contributed by atoms with Crippen molar-refractivity contribution in [2.45, 2.75) is 51.5 Å². The average Bonchev–Trinajstić information content (AvgIpc) is 2.64. The van der Waals surface area contributed by atoms with Gasteiger partial charge in [-0.3, -0.25) is 4.79 Å². The Bertz CT molecular complexity index is 660. The van der Waals surface area contributed by atoms with Gasteiger partial charge in [-0.2, -0.15) is 0 Å². The van der Waals surface area contributed by atoms with Gasteiger partial charge in [0.2, 0.25) is 0 Å². The van der Waals surface area contributed by atoms with E-state index in [0.717, 1.165) is 17.2 Å². The Morgan fingerprint density at radius 2 is 1.64 bits per heavy atom. The number of benzene rings is 2. The number of anilines is 1. The lowest BCUT2D eigenvalue weighted by Gasteiger charge is -2.31. The highest BCUT2D eigenvalue weighted by molar-refractivity contribution is 5.76. The van der Waals surface area contributed by atoms with Crippen LogP contribution in [-0.4, -0.2) is 11.8 Å². The summed E-state index contributed by atoms with van der Waals surface area (Å²) in [5.41, 5.74) is 1.05.